The number of ether oxygens (including phenoxy) is 2. The Morgan fingerprint density at radius 2 is 1.89 bits per heavy atom. The Hall–Kier alpha value is -2.80. The molecule has 2 aromatic rings. The van der Waals surface area contributed by atoms with Crippen molar-refractivity contribution in [2.45, 2.75) is 6.92 Å². The van der Waals surface area contributed by atoms with Crippen LogP contribution in [0.15, 0.2) is 36.5 Å². The van der Waals surface area contributed by atoms with E-state index in [1.165, 1.54) is 0 Å². The summed E-state index contributed by atoms with van der Waals surface area (Å²) >= 11 is 0. The van der Waals surface area contributed by atoms with E-state index in [0.29, 0.717) is 22.9 Å². The van der Waals surface area contributed by atoms with Gasteiger partial charge in [0.25, 0.3) is 5.91 Å². The van der Waals surface area contributed by atoms with Gasteiger partial charge in [-0.05, 0) is 30.8 Å². The van der Waals surface area contributed by atoms with Crippen molar-refractivity contribution in [1.29, 1.82) is 0 Å². The zero-order valence-electron chi connectivity index (χ0n) is 16.1. The topological polar surface area (TPSA) is 66.9 Å². The van der Waals surface area contributed by atoms with Gasteiger partial charge < -0.3 is 24.6 Å². The Morgan fingerprint density at radius 1 is 1.11 bits per heavy atom. The van der Waals surface area contributed by atoms with Crippen LogP contribution < -0.4 is 19.7 Å². The quantitative estimate of drug-likeness (QED) is 0.843. The van der Waals surface area contributed by atoms with E-state index in [0.717, 1.165) is 38.4 Å². The number of nitrogens with one attached hydrogen (secondary N) is 1. The summed E-state index contributed by atoms with van der Waals surface area (Å²) in [5, 5.41) is 2.84. The van der Waals surface area contributed by atoms with Crippen molar-refractivity contribution in [2.75, 3.05) is 57.2 Å². The smallest absolute Gasteiger partial charge is 0.274 e. The number of benzene rings is 1. The first-order valence-corrected chi connectivity index (χ1v) is 9.11. The molecule has 0 bridgehead atoms. The molecule has 7 nitrogen and oxygen atoms in total. The Labute approximate surface area is 159 Å². The lowest BCUT2D eigenvalue weighted by Crippen LogP contribution is -2.46. The summed E-state index contributed by atoms with van der Waals surface area (Å²) in [7, 11) is 3.14. The highest BCUT2D eigenvalue weighted by molar-refractivity contribution is 6.03. The van der Waals surface area contributed by atoms with Crippen molar-refractivity contribution >= 4 is 17.3 Å². The van der Waals surface area contributed by atoms with Crippen molar-refractivity contribution < 1.29 is 14.3 Å². The second-order valence-corrected chi connectivity index (χ2v) is 6.34. The molecule has 1 N–H and O–H groups in total. The molecule has 0 saturated carbocycles. The van der Waals surface area contributed by atoms with E-state index in [2.05, 4.69) is 27.0 Å². The number of nitrogens with zero attached hydrogens (tertiary/aromatic N) is 3. The minimum atomic E-state index is -0.288. The lowest BCUT2D eigenvalue weighted by molar-refractivity contribution is 0.102. The number of hydrogen-bond donors (Lipinski definition) is 1. The Balaban J connectivity index is 1.68. The van der Waals surface area contributed by atoms with Crippen LogP contribution in [0.3, 0.4) is 0 Å². The number of likely N-dealkylation sites (N-methyl/N-ethyl adjacent to an activating group) is 1. The number of aromatic nitrogens is 1. The molecule has 2 heterocycles. The SMILES string of the molecule is CCN1CCN(c2ccc(C(=O)Nc3cc(OC)ccc3OC)nc2)CC1. The molecule has 0 spiro atoms. The van der Waals surface area contributed by atoms with Crippen molar-refractivity contribution in [1.82, 2.24) is 9.88 Å². The second-order valence-electron chi connectivity index (χ2n) is 6.34. The highest BCUT2D eigenvalue weighted by Crippen LogP contribution is 2.29. The molecule has 0 radical (unpaired) electrons. The summed E-state index contributed by atoms with van der Waals surface area (Å²) in [4.78, 5) is 21.6. The van der Waals surface area contributed by atoms with E-state index in [-0.39, 0.29) is 5.91 Å². The normalized spacial score (nSPS) is 14.7. The molecule has 7 heteroatoms. The van der Waals surface area contributed by atoms with Gasteiger partial charge in [0, 0.05) is 32.2 Å². The van der Waals surface area contributed by atoms with Crippen LogP contribution in [0.25, 0.3) is 0 Å². The van der Waals surface area contributed by atoms with Crippen molar-refractivity contribution in [3.8, 4) is 11.5 Å². The molecule has 27 heavy (non-hydrogen) atoms. The molecule has 144 valence electrons. The standard InChI is InChI=1S/C20H26N4O3/c1-4-23-9-11-24(12-10-23)15-5-7-17(21-14-15)20(25)22-18-13-16(26-2)6-8-19(18)27-3/h5-8,13-14H,4,9-12H2,1-3H3,(H,22,25). The van der Waals surface area contributed by atoms with Crippen LogP contribution in [0.1, 0.15) is 17.4 Å². The van der Waals surface area contributed by atoms with Crippen LogP contribution in [-0.2, 0) is 0 Å². The van der Waals surface area contributed by atoms with Gasteiger partial charge in [0.05, 0.1) is 31.8 Å². The Bertz CT molecular complexity index is 771. The van der Waals surface area contributed by atoms with E-state index in [1.54, 1.807) is 44.7 Å². The Morgan fingerprint density at radius 3 is 2.48 bits per heavy atom. The number of carbonyl (C=O) groups excluding carboxylic acids is 1. The lowest BCUT2D eigenvalue weighted by atomic mass is 10.2. The fourth-order valence-electron chi connectivity index (χ4n) is 3.13. The van der Waals surface area contributed by atoms with E-state index in [9.17, 15) is 4.79 Å². The molecule has 1 amide bonds. The van der Waals surface area contributed by atoms with E-state index in [1.807, 2.05) is 6.07 Å². The van der Waals surface area contributed by atoms with Gasteiger partial charge in [-0.2, -0.15) is 0 Å². The van der Waals surface area contributed by atoms with Gasteiger partial charge in [-0.25, -0.2) is 4.98 Å². The lowest BCUT2D eigenvalue weighted by Gasteiger charge is -2.35. The minimum absolute atomic E-state index is 0.288. The number of anilines is 2. The van der Waals surface area contributed by atoms with Crippen LogP contribution in [0, 0.1) is 0 Å². The molecule has 1 aromatic heterocycles. The van der Waals surface area contributed by atoms with Gasteiger partial charge in [0.2, 0.25) is 0 Å². The number of methoxy groups -OCH3 is 2. The first kappa shape index (κ1) is 19.0. The largest absolute Gasteiger partial charge is 0.497 e. The van der Waals surface area contributed by atoms with E-state index in [4.69, 9.17) is 9.47 Å². The second kappa shape index (κ2) is 8.73. The van der Waals surface area contributed by atoms with Gasteiger partial charge in [0.15, 0.2) is 0 Å². The van der Waals surface area contributed by atoms with Gasteiger partial charge >= 0.3 is 0 Å². The maximum absolute atomic E-state index is 12.6. The molecule has 3 rings (SSSR count). The fourth-order valence-corrected chi connectivity index (χ4v) is 3.13. The van der Waals surface area contributed by atoms with Crippen LogP contribution in [-0.4, -0.2) is 62.7 Å². The zero-order chi connectivity index (χ0) is 19.2. The predicted molar refractivity (Wildman–Crippen MR) is 106 cm³/mol. The minimum Gasteiger partial charge on any atom is -0.497 e. The maximum atomic E-state index is 12.6. The number of piperazine rings is 1. The number of pyridine rings is 1. The number of amides is 1. The third kappa shape index (κ3) is 4.49. The third-order valence-corrected chi connectivity index (χ3v) is 4.82. The highest BCUT2D eigenvalue weighted by Gasteiger charge is 2.17. The molecule has 1 aliphatic heterocycles. The van der Waals surface area contributed by atoms with Gasteiger partial charge in [-0.15, -0.1) is 0 Å². The maximum Gasteiger partial charge on any atom is 0.274 e. The Kier molecular flexibility index (Phi) is 6.13. The van der Waals surface area contributed by atoms with Crippen molar-refractivity contribution in [2.24, 2.45) is 0 Å². The molecule has 0 unspecified atom stereocenters. The van der Waals surface area contributed by atoms with Crippen LogP contribution in [0.4, 0.5) is 11.4 Å². The van der Waals surface area contributed by atoms with Crippen LogP contribution in [0.2, 0.25) is 0 Å². The molecule has 1 saturated heterocycles. The van der Waals surface area contributed by atoms with Gasteiger partial charge in [-0.1, -0.05) is 6.92 Å². The summed E-state index contributed by atoms with van der Waals surface area (Å²) in [5.74, 6) is 0.916. The van der Waals surface area contributed by atoms with Gasteiger partial charge in [0.1, 0.15) is 17.2 Å². The summed E-state index contributed by atoms with van der Waals surface area (Å²) < 4.78 is 10.5. The summed E-state index contributed by atoms with van der Waals surface area (Å²) in [6.07, 6.45) is 1.76. The number of rotatable bonds is 6. The van der Waals surface area contributed by atoms with Crippen molar-refractivity contribution in [3.05, 3.63) is 42.2 Å². The number of carbonyl (C=O) groups is 1. The molecule has 1 aliphatic rings. The summed E-state index contributed by atoms with van der Waals surface area (Å²) in [6.45, 7) is 7.31. The summed E-state index contributed by atoms with van der Waals surface area (Å²) in [6, 6.07) is 8.95. The number of hydrogen-bond acceptors (Lipinski definition) is 6. The zero-order valence-corrected chi connectivity index (χ0v) is 16.1. The molecule has 1 fully saturated rings. The average Bonchev–Trinajstić information content (AvgIpc) is 2.73. The summed E-state index contributed by atoms with van der Waals surface area (Å²) in [5.41, 5.74) is 1.94. The van der Waals surface area contributed by atoms with Crippen LogP contribution in [0.5, 0.6) is 11.5 Å². The first-order chi connectivity index (χ1) is 13.1. The van der Waals surface area contributed by atoms with E-state index >= 15 is 0 Å². The fraction of sp³-hybridized carbons (Fsp3) is 0.400. The molecular formula is C20H26N4O3. The van der Waals surface area contributed by atoms with Crippen molar-refractivity contribution in [3.63, 3.8) is 0 Å². The molecule has 0 aliphatic carbocycles. The molecule has 0 atom stereocenters. The molecule has 1 aromatic carbocycles. The van der Waals surface area contributed by atoms with E-state index < -0.39 is 0 Å². The monoisotopic (exact) mass is 370 g/mol. The van der Waals surface area contributed by atoms with Gasteiger partial charge in [-0.3, -0.25) is 4.79 Å². The molecular weight excluding hydrogens is 344 g/mol. The predicted octanol–water partition coefficient (Wildman–Crippen LogP) is 2.49. The first-order valence-electron chi connectivity index (χ1n) is 9.11. The average molecular weight is 370 g/mol. The van der Waals surface area contributed by atoms with Crippen LogP contribution >= 0.6 is 0 Å². The highest BCUT2D eigenvalue weighted by atomic mass is 16.5. The third-order valence-electron chi connectivity index (χ3n) is 4.82.